The number of aliphatic carboxylic acids is 1. The van der Waals surface area contributed by atoms with E-state index in [1.807, 2.05) is 54.6 Å². The second-order valence-corrected chi connectivity index (χ2v) is 6.99. The fraction of sp³-hybridized carbons (Fsp3) is 0.227. The van der Waals surface area contributed by atoms with Crippen LogP contribution >= 0.6 is 0 Å². The zero-order chi connectivity index (χ0) is 21.0. The minimum absolute atomic E-state index is 0. The van der Waals surface area contributed by atoms with Crippen molar-refractivity contribution in [1.82, 2.24) is 10.2 Å². The maximum absolute atomic E-state index is 12.8. The maximum atomic E-state index is 12.8. The van der Waals surface area contributed by atoms with Crippen LogP contribution in [0.3, 0.4) is 0 Å². The van der Waals surface area contributed by atoms with Gasteiger partial charge in [-0.25, -0.2) is 0 Å². The van der Waals surface area contributed by atoms with Gasteiger partial charge in [-0.05, 0) is 16.7 Å². The topological polar surface area (TPSA) is 107 Å². The van der Waals surface area contributed by atoms with Crippen LogP contribution in [0.1, 0.15) is 12.5 Å². The summed E-state index contributed by atoms with van der Waals surface area (Å²) in [5.74, 6) is -3.47. The van der Waals surface area contributed by atoms with Gasteiger partial charge in [-0.3, -0.25) is 14.4 Å². The summed E-state index contributed by atoms with van der Waals surface area (Å²) >= 11 is 0. The molecule has 0 unspecified atom stereocenters. The first kappa shape index (κ1) is 23.7. The molecule has 1 atom stereocenters. The second kappa shape index (κ2) is 10.4. The molecule has 2 aromatic rings. The van der Waals surface area contributed by atoms with E-state index in [-0.39, 0.29) is 48.4 Å². The Labute approximate surface area is 196 Å². The van der Waals surface area contributed by atoms with E-state index < -0.39 is 35.8 Å². The molecule has 7 nitrogen and oxygen atoms in total. The first-order chi connectivity index (χ1) is 13.9. The molecule has 0 fully saturated rings. The predicted molar refractivity (Wildman–Crippen MR) is 114 cm³/mol. The summed E-state index contributed by atoms with van der Waals surface area (Å²) in [7, 11) is 0. The number of carboxylic acids is 1. The van der Waals surface area contributed by atoms with E-state index in [4.69, 9.17) is 5.11 Å². The first-order valence-electron chi connectivity index (χ1n) is 9.23. The van der Waals surface area contributed by atoms with Crippen LogP contribution in [0.5, 0.6) is 0 Å². The molecule has 152 valence electrons. The van der Waals surface area contributed by atoms with Crippen molar-refractivity contribution in [3.63, 3.8) is 0 Å². The molecule has 2 aromatic carbocycles. The third kappa shape index (κ3) is 5.50. The van der Waals surface area contributed by atoms with Crippen LogP contribution < -0.4 is 5.32 Å². The van der Waals surface area contributed by atoms with Gasteiger partial charge >= 0.3 is 35.5 Å². The molecule has 2 amide bonds. The van der Waals surface area contributed by atoms with Gasteiger partial charge in [-0.2, -0.15) is 0 Å². The zero-order valence-electron chi connectivity index (χ0n) is 16.0. The summed E-state index contributed by atoms with van der Waals surface area (Å²) in [6.07, 6.45) is 0. The van der Waals surface area contributed by atoms with Crippen LogP contribution in [0.2, 0.25) is 0 Å². The average Bonchev–Trinajstić information content (AvgIpc) is 2.72. The average molecular weight is 418 g/mol. The van der Waals surface area contributed by atoms with Crippen molar-refractivity contribution in [3.8, 4) is 11.1 Å². The summed E-state index contributed by atoms with van der Waals surface area (Å²) in [6, 6.07) is 17.7. The first-order valence-corrected chi connectivity index (χ1v) is 9.23. The number of carboxylic acid groups (broad SMARTS) is 1. The third-order valence-electron chi connectivity index (χ3n) is 4.78. The molecule has 8 heteroatoms. The number of amides is 2. The number of nitrogens with zero attached hydrogens (tertiary/aromatic N) is 1. The van der Waals surface area contributed by atoms with E-state index in [1.54, 1.807) is 6.92 Å². The summed E-state index contributed by atoms with van der Waals surface area (Å²) in [4.78, 5) is 37.1. The van der Waals surface area contributed by atoms with Gasteiger partial charge in [0.1, 0.15) is 17.9 Å². The Bertz CT molecular complexity index is 957. The fourth-order valence-corrected chi connectivity index (χ4v) is 3.26. The van der Waals surface area contributed by atoms with E-state index >= 15 is 0 Å². The van der Waals surface area contributed by atoms with Gasteiger partial charge in [-0.1, -0.05) is 61.5 Å². The SMILES string of the molecule is C[C@@H]1CN(Cc2ccc(-c3ccccc3)cc2)C(=O)C(C(=O)NCC(=O)O)=C1O.[NaH]. The van der Waals surface area contributed by atoms with Crippen molar-refractivity contribution >= 4 is 47.3 Å². The van der Waals surface area contributed by atoms with Crippen LogP contribution in [0, 0.1) is 5.92 Å². The number of aliphatic hydroxyl groups is 1. The molecule has 0 saturated carbocycles. The van der Waals surface area contributed by atoms with E-state index in [2.05, 4.69) is 5.32 Å². The Hall–Kier alpha value is -2.61. The van der Waals surface area contributed by atoms with E-state index in [1.165, 1.54) is 4.90 Å². The molecule has 3 N–H and O–H groups in total. The number of hydrogen-bond donors (Lipinski definition) is 3. The third-order valence-corrected chi connectivity index (χ3v) is 4.78. The predicted octanol–water partition coefficient (Wildman–Crippen LogP) is 1.70. The van der Waals surface area contributed by atoms with Crippen LogP contribution in [0.25, 0.3) is 11.1 Å². The molecule has 1 aliphatic rings. The molecule has 3 rings (SSSR count). The monoisotopic (exact) mass is 418 g/mol. The molecule has 0 radical (unpaired) electrons. The number of carbonyl (C=O) groups is 3. The summed E-state index contributed by atoms with van der Waals surface area (Å²) in [6.45, 7) is 1.62. The van der Waals surface area contributed by atoms with Gasteiger partial charge in [0.25, 0.3) is 11.8 Å². The standard InChI is InChI=1S/C22H22N2O5.Na.H/c1-14-12-24(22(29)19(20(14)27)21(28)23-11-18(25)26)13-15-7-9-17(10-8-15)16-5-3-2-4-6-16;;/h2-10,14,27H,11-13H2,1H3,(H,23,28)(H,25,26);;/t14-;;/m1../s1. The normalized spacial score (nSPS) is 16.1. The van der Waals surface area contributed by atoms with Crippen molar-refractivity contribution in [2.75, 3.05) is 13.1 Å². The molecule has 1 heterocycles. The number of aliphatic hydroxyl groups excluding tert-OH is 1. The van der Waals surface area contributed by atoms with E-state index in [9.17, 15) is 19.5 Å². The van der Waals surface area contributed by atoms with Crippen molar-refractivity contribution in [3.05, 3.63) is 71.5 Å². The van der Waals surface area contributed by atoms with Gasteiger partial charge < -0.3 is 20.4 Å². The number of carbonyl (C=O) groups excluding carboxylic acids is 2. The molecule has 0 saturated heterocycles. The molecule has 0 bridgehead atoms. The number of rotatable bonds is 6. The van der Waals surface area contributed by atoms with Crippen molar-refractivity contribution in [2.24, 2.45) is 5.92 Å². The van der Waals surface area contributed by atoms with Gasteiger partial charge in [0.15, 0.2) is 0 Å². The Kier molecular flexibility index (Phi) is 8.23. The number of nitrogens with one attached hydrogen (secondary N) is 1. The van der Waals surface area contributed by atoms with Crippen molar-refractivity contribution in [1.29, 1.82) is 0 Å². The van der Waals surface area contributed by atoms with Crippen LogP contribution in [0.15, 0.2) is 65.9 Å². The number of benzene rings is 2. The fourth-order valence-electron chi connectivity index (χ4n) is 3.26. The minimum atomic E-state index is -1.23. The molecule has 0 aromatic heterocycles. The van der Waals surface area contributed by atoms with Gasteiger partial charge in [0.05, 0.1) is 0 Å². The van der Waals surface area contributed by atoms with E-state index in [0.717, 1.165) is 16.7 Å². The molecular weight excluding hydrogens is 395 g/mol. The van der Waals surface area contributed by atoms with Crippen LogP contribution in [-0.4, -0.2) is 75.5 Å². The summed E-state index contributed by atoms with van der Waals surface area (Å²) < 4.78 is 0. The molecular formula is C22H23N2NaO5. The Morgan fingerprint density at radius 2 is 1.67 bits per heavy atom. The van der Waals surface area contributed by atoms with Crippen molar-refractivity contribution < 1.29 is 24.6 Å². The number of hydrogen-bond acceptors (Lipinski definition) is 4. The quantitative estimate of drug-likeness (QED) is 0.489. The molecule has 1 aliphatic heterocycles. The Morgan fingerprint density at radius 3 is 2.27 bits per heavy atom. The summed E-state index contributed by atoms with van der Waals surface area (Å²) in [5, 5.41) is 21.1. The van der Waals surface area contributed by atoms with Gasteiger partial charge in [0.2, 0.25) is 0 Å². The van der Waals surface area contributed by atoms with E-state index in [0.29, 0.717) is 0 Å². The van der Waals surface area contributed by atoms with Crippen LogP contribution in [0.4, 0.5) is 0 Å². The Balaban J connectivity index is 0.00000320. The zero-order valence-corrected chi connectivity index (χ0v) is 16.0. The molecule has 30 heavy (non-hydrogen) atoms. The van der Waals surface area contributed by atoms with Gasteiger partial charge in [0, 0.05) is 19.0 Å². The molecule has 0 aliphatic carbocycles. The summed E-state index contributed by atoms with van der Waals surface area (Å²) in [5.41, 5.74) is 2.63. The molecule has 0 spiro atoms. The second-order valence-electron chi connectivity index (χ2n) is 6.99. The van der Waals surface area contributed by atoms with Gasteiger partial charge in [-0.15, -0.1) is 0 Å². The Morgan fingerprint density at radius 1 is 1.07 bits per heavy atom. The van der Waals surface area contributed by atoms with Crippen LogP contribution in [-0.2, 0) is 20.9 Å². The van der Waals surface area contributed by atoms with Crippen molar-refractivity contribution in [2.45, 2.75) is 13.5 Å².